The van der Waals surface area contributed by atoms with Crippen LogP contribution >= 0.6 is 0 Å². The molecule has 0 aliphatic heterocycles. The highest BCUT2D eigenvalue weighted by atomic mass is 19.2. The molecule has 2 rings (SSSR count). The summed E-state index contributed by atoms with van der Waals surface area (Å²) in [6, 6.07) is 3.51. The minimum absolute atomic E-state index is 0.0168. The molecule has 0 radical (unpaired) electrons. The van der Waals surface area contributed by atoms with Crippen molar-refractivity contribution in [2.45, 2.75) is 31.5 Å². The summed E-state index contributed by atoms with van der Waals surface area (Å²) in [6.45, 7) is 2.48. The van der Waals surface area contributed by atoms with Crippen LogP contribution in [0.2, 0.25) is 0 Å². The molecule has 0 saturated heterocycles. The third kappa shape index (κ3) is 1.95. The van der Waals surface area contributed by atoms with Gasteiger partial charge in [-0.2, -0.15) is 0 Å². The van der Waals surface area contributed by atoms with Gasteiger partial charge in [-0.3, -0.25) is 0 Å². The Morgan fingerprint density at radius 2 is 2.06 bits per heavy atom. The van der Waals surface area contributed by atoms with Gasteiger partial charge in [-0.15, -0.1) is 0 Å². The van der Waals surface area contributed by atoms with Gasteiger partial charge in [0.2, 0.25) is 0 Å². The molecule has 0 aromatic heterocycles. The molecule has 0 spiro atoms. The summed E-state index contributed by atoms with van der Waals surface area (Å²) in [5.41, 5.74) is -0.642. The molecule has 0 heterocycles. The average Bonchev–Trinajstić information content (AvgIpc) is 2.20. The maximum Gasteiger partial charge on any atom is 0.159 e. The second-order valence-electron chi connectivity index (χ2n) is 4.15. The summed E-state index contributed by atoms with van der Waals surface area (Å²) in [4.78, 5) is 0. The summed E-state index contributed by atoms with van der Waals surface area (Å²) < 4.78 is 31.0. The Labute approximate surface area is 92.9 Å². The van der Waals surface area contributed by atoms with Gasteiger partial charge in [-0.05, 0) is 24.6 Å². The van der Waals surface area contributed by atoms with Crippen molar-refractivity contribution in [2.75, 3.05) is 6.61 Å². The third-order valence-corrected chi connectivity index (χ3v) is 2.99. The molecule has 1 fully saturated rings. The van der Waals surface area contributed by atoms with Crippen molar-refractivity contribution < 1.29 is 18.6 Å². The number of hydrogen-bond acceptors (Lipinski definition) is 2. The van der Waals surface area contributed by atoms with Crippen LogP contribution in [0.4, 0.5) is 8.78 Å². The van der Waals surface area contributed by atoms with Crippen molar-refractivity contribution >= 4 is 0 Å². The fourth-order valence-corrected chi connectivity index (χ4v) is 2.07. The fourth-order valence-electron chi connectivity index (χ4n) is 2.07. The molecule has 16 heavy (non-hydrogen) atoms. The highest BCUT2D eigenvalue weighted by Crippen LogP contribution is 2.43. The first-order chi connectivity index (χ1) is 7.55. The molecule has 88 valence electrons. The summed E-state index contributed by atoms with van der Waals surface area (Å²) in [6.07, 6.45) is 0.890. The van der Waals surface area contributed by atoms with Gasteiger partial charge in [0.1, 0.15) is 0 Å². The standard InChI is InChI=1S/C12H14F2O2/c1-2-16-9-6-12(15,7-9)8-3-4-10(13)11(14)5-8/h3-5,9,15H,2,6-7H2,1H3. The van der Waals surface area contributed by atoms with E-state index in [1.54, 1.807) is 0 Å². The maximum absolute atomic E-state index is 13.0. The van der Waals surface area contributed by atoms with Gasteiger partial charge >= 0.3 is 0 Å². The molecule has 0 bridgehead atoms. The van der Waals surface area contributed by atoms with E-state index in [-0.39, 0.29) is 6.10 Å². The molecule has 1 aliphatic rings. The molecule has 0 unspecified atom stereocenters. The van der Waals surface area contributed by atoms with Gasteiger partial charge < -0.3 is 9.84 Å². The molecule has 0 atom stereocenters. The van der Waals surface area contributed by atoms with Crippen LogP contribution in [0.15, 0.2) is 18.2 Å². The quantitative estimate of drug-likeness (QED) is 0.860. The molecule has 1 aromatic carbocycles. The molecule has 1 N–H and O–H groups in total. The van der Waals surface area contributed by atoms with E-state index in [0.717, 1.165) is 12.1 Å². The van der Waals surface area contributed by atoms with Gasteiger partial charge in [-0.25, -0.2) is 8.78 Å². The molecule has 4 heteroatoms. The lowest BCUT2D eigenvalue weighted by molar-refractivity contribution is -0.142. The average molecular weight is 228 g/mol. The Morgan fingerprint density at radius 1 is 1.38 bits per heavy atom. The van der Waals surface area contributed by atoms with Gasteiger partial charge in [0.25, 0.3) is 0 Å². The Balaban J connectivity index is 2.11. The second-order valence-corrected chi connectivity index (χ2v) is 4.15. The molecule has 1 saturated carbocycles. The maximum atomic E-state index is 13.0. The molecular formula is C12H14F2O2. The zero-order valence-corrected chi connectivity index (χ0v) is 9.04. The minimum Gasteiger partial charge on any atom is -0.385 e. The van der Waals surface area contributed by atoms with Crippen molar-refractivity contribution in [1.82, 2.24) is 0 Å². The second kappa shape index (κ2) is 4.11. The highest BCUT2D eigenvalue weighted by Gasteiger charge is 2.44. The number of benzene rings is 1. The van der Waals surface area contributed by atoms with Crippen molar-refractivity contribution in [1.29, 1.82) is 0 Å². The first kappa shape index (κ1) is 11.5. The first-order valence-corrected chi connectivity index (χ1v) is 5.34. The van der Waals surface area contributed by atoms with Crippen LogP contribution < -0.4 is 0 Å². The van der Waals surface area contributed by atoms with E-state index in [4.69, 9.17) is 4.74 Å². The Bertz CT molecular complexity index is 387. The van der Waals surface area contributed by atoms with Gasteiger partial charge in [0.05, 0.1) is 11.7 Å². The van der Waals surface area contributed by atoms with Gasteiger partial charge in [0, 0.05) is 19.4 Å². The van der Waals surface area contributed by atoms with Crippen molar-refractivity contribution in [3.05, 3.63) is 35.4 Å². The topological polar surface area (TPSA) is 29.5 Å². The number of rotatable bonds is 3. The van der Waals surface area contributed by atoms with Crippen LogP contribution in [0.25, 0.3) is 0 Å². The third-order valence-electron chi connectivity index (χ3n) is 2.99. The van der Waals surface area contributed by atoms with E-state index in [1.165, 1.54) is 6.07 Å². The van der Waals surface area contributed by atoms with Crippen LogP contribution in [-0.4, -0.2) is 17.8 Å². The highest BCUT2D eigenvalue weighted by molar-refractivity contribution is 5.27. The molecule has 1 aliphatic carbocycles. The van der Waals surface area contributed by atoms with Crippen LogP contribution in [0.3, 0.4) is 0 Å². The molecule has 2 nitrogen and oxygen atoms in total. The lowest BCUT2D eigenvalue weighted by atomic mass is 9.73. The zero-order chi connectivity index (χ0) is 11.8. The largest absolute Gasteiger partial charge is 0.385 e. The predicted octanol–water partition coefficient (Wildman–Crippen LogP) is 2.35. The molecular weight excluding hydrogens is 214 g/mol. The van der Waals surface area contributed by atoms with E-state index in [9.17, 15) is 13.9 Å². The van der Waals surface area contributed by atoms with E-state index in [0.29, 0.717) is 25.0 Å². The van der Waals surface area contributed by atoms with Crippen LogP contribution in [0, 0.1) is 11.6 Å². The first-order valence-electron chi connectivity index (χ1n) is 5.34. The monoisotopic (exact) mass is 228 g/mol. The molecule has 1 aromatic rings. The van der Waals surface area contributed by atoms with Gasteiger partial charge in [-0.1, -0.05) is 6.07 Å². The summed E-state index contributed by atoms with van der Waals surface area (Å²) in [5.74, 6) is -1.82. The smallest absolute Gasteiger partial charge is 0.159 e. The van der Waals surface area contributed by atoms with Crippen LogP contribution in [0.5, 0.6) is 0 Å². The Morgan fingerprint density at radius 3 is 2.62 bits per heavy atom. The van der Waals surface area contributed by atoms with Gasteiger partial charge in [0.15, 0.2) is 11.6 Å². The van der Waals surface area contributed by atoms with E-state index in [2.05, 4.69) is 0 Å². The van der Waals surface area contributed by atoms with E-state index >= 15 is 0 Å². The fraction of sp³-hybridized carbons (Fsp3) is 0.500. The predicted molar refractivity (Wildman–Crippen MR) is 54.9 cm³/mol. The number of halogens is 2. The molecule has 0 amide bonds. The summed E-state index contributed by atoms with van der Waals surface area (Å²) in [5, 5.41) is 10.1. The van der Waals surface area contributed by atoms with Crippen molar-refractivity contribution in [2.24, 2.45) is 0 Å². The van der Waals surface area contributed by atoms with Crippen LogP contribution in [0.1, 0.15) is 25.3 Å². The normalized spacial score (nSPS) is 28.9. The van der Waals surface area contributed by atoms with E-state index in [1.807, 2.05) is 6.92 Å². The number of aliphatic hydroxyl groups is 1. The van der Waals surface area contributed by atoms with Crippen molar-refractivity contribution in [3.8, 4) is 0 Å². The lowest BCUT2D eigenvalue weighted by Crippen LogP contribution is -2.45. The lowest BCUT2D eigenvalue weighted by Gasteiger charge is -2.43. The van der Waals surface area contributed by atoms with E-state index < -0.39 is 17.2 Å². The Kier molecular flexibility index (Phi) is 2.95. The SMILES string of the molecule is CCOC1CC(O)(c2ccc(F)c(F)c2)C1. The minimum atomic E-state index is -1.06. The number of ether oxygens (including phenoxy) is 1. The summed E-state index contributed by atoms with van der Waals surface area (Å²) >= 11 is 0. The van der Waals surface area contributed by atoms with Crippen LogP contribution in [-0.2, 0) is 10.3 Å². The van der Waals surface area contributed by atoms with Crippen molar-refractivity contribution in [3.63, 3.8) is 0 Å². The zero-order valence-electron chi connectivity index (χ0n) is 9.04. The summed E-state index contributed by atoms with van der Waals surface area (Å²) in [7, 11) is 0. The number of hydrogen-bond donors (Lipinski definition) is 1. The Hall–Kier alpha value is -1.00.